The number of aromatic amines is 1. The van der Waals surface area contributed by atoms with E-state index in [0.29, 0.717) is 16.7 Å². The highest BCUT2D eigenvalue weighted by molar-refractivity contribution is 7.89. The van der Waals surface area contributed by atoms with Crippen molar-refractivity contribution in [1.29, 1.82) is 0 Å². The second kappa shape index (κ2) is 10.2. The van der Waals surface area contributed by atoms with Crippen LogP contribution in [0.3, 0.4) is 0 Å². The lowest BCUT2D eigenvalue weighted by Crippen LogP contribution is -2.33. The molecule has 0 fully saturated rings. The van der Waals surface area contributed by atoms with Gasteiger partial charge in [0.2, 0.25) is 15.9 Å². The summed E-state index contributed by atoms with van der Waals surface area (Å²) in [5, 5.41) is 6.20. The second-order valence-electron chi connectivity index (χ2n) is 7.89. The first-order valence-corrected chi connectivity index (χ1v) is 12.4. The zero-order valence-corrected chi connectivity index (χ0v) is 20.9. The average Bonchev–Trinajstić information content (AvgIpc) is 3.28. The molecule has 0 radical (unpaired) electrons. The van der Waals surface area contributed by atoms with Gasteiger partial charge in [-0.1, -0.05) is 24.6 Å². The van der Waals surface area contributed by atoms with E-state index in [4.69, 9.17) is 20.8 Å². The molecule has 0 bridgehead atoms. The summed E-state index contributed by atoms with van der Waals surface area (Å²) in [4.78, 5) is 19.5. The maximum absolute atomic E-state index is 15.2. The van der Waals surface area contributed by atoms with Crippen LogP contribution in [0.1, 0.15) is 35.9 Å². The number of halogens is 2. The van der Waals surface area contributed by atoms with Crippen molar-refractivity contribution in [3.63, 3.8) is 0 Å². The van der Waals surface area contributed by atoms with Crippen LogP contribution in [0.2, 0.25) is 5.02 Å². The van der Waals surface area contributed by atoms with Crippen molar-refractivity contribution >= 4 is 21.6 Å². The molecule has 0 aliphatic carbocycles. The van der Waals surface area contributed by atoms with E-state index in [-0.39, 0.29) is 27.1 Å². The monoisotopic (exact) mass is 533 g/mol. The first-order valence-electron chi connectivity index (χ1n) is 10.6. The van der Waals surface area contributed by atoms with E-state index in [1.807, 2.05) is 0 Å². The fraction of sp³-hybridized carbons (Fsp3) is 0.217. The lowest BCUT2D eigenvalue weighted by Gasteiger charge is -2.25. The van der Waals surface area contributed by atoms with Crippen LogP contribution in [0.4, 0.5) is 4.39 Å². The van der Waals surface area contributed by atoms with Crippen LogP contribution in [0.25, 0.3) is 11.1 Å². The summed E-state index contributed by atoms with van der Waals surface area (Å²) in [6.07, 6.45) is 4.55. The molecule has 188 valence electrons. The average molecular weight is 534 g/mol. The third kappa shape index (κ3) is 5.01. The van der Waals surface area contributed by atoms with Gasteiger partial charge in [-0.25, -0.2) is 32.7 Å². The molecule has 2 atom stereocenters. The largest absolute Gasteiger partial charge is 0.495 e. The van der Waals surface area contributed by atoms with Crippen LogP contribution in [-0.2, 0) is 10.0 Å². The molecule has 2 aromatic carbocycles. The number of nitrogens with one attached hydrogen (secondary N) is 2. The molecule has 4 aromatic rings. The van der Waals surface area contributed by atoms with Crippen LogP contribution >= 0.6 is 11.6 Å². The zero-order valence-electron chi connectivity index (χ0n) is 19.3. The van der Waals surface area contributed by atoms with Crippen LogP contribution in [0, 0.1) is 12.7 Å². The normalized spacial score (nSPS) is 13.4. The van der Waals surface area contributed by atoms with Crippen molar-refractivity contribution in [3.05, 3.63) is 87.5 Å². The zero-order chi connectivity index (χ0) is 26.0. The highest BCUT2D eigenvalue weighted by Crippen LogP contribution is 2.38. The Hall–Kier alpha value is -3.61. The molecule has 10 nitrogen and oxygen atoms in total. The molecule has 13 heteroatoms. The summed E-state index contributed by atoms with van der Waals surface area (Å²) < 4.78 is 54.8. The fourth-order valence-electron chi connectivity index (χ4n) is 4.01. The highest BCUT2D eigenvalue weighted by Gasteiger charge is 2.34. The number of benzene rings is 2. The van der Waals surface area contributed by atoms with Gasteiger partial charge in [0, 0.05) is 35.0 Å². The molecule has 0 aliphatic heterocycles. The summed E-state index contributed by atoms with van der Waals surface area (Å²) in [7, 11) is -2.99. The molecular weight excluding hydrogens is 513 g/mol. The summed E-state index contributed by atoms with van der Waals surface area (Å²) in [6, 6.07) is 5.60. The number of ether oxygens (including phenoxy) is 1. The Morgan fingerprint density at radius 1 is 1.19 bits per heavy atom. The number of nitrogens with zero attached hydrogens (tertiary/aromatic N) is 3. The van der Waals surface area contributed by atoms with Gasteiger partial charge >= 0.3 is 5.76 Å². The van der Waals surface area contributed by atoms with E-state index in [2.05, 4.69) is 24.9 Å². The maximum atomic E-state index is 15.2. The quantitative estimate of drug-likeness (QED) is 0.349. The van der Waals surface area contributed by atoms with Crippen molar-refractivity contribution in [2.24, 2.45) is 0 Å². The Morgan fingerprint density at radius 3 is 2.56 bits per heavy atom. The van der Waals surface area contributed by atoms with Gasteiger partial charge in [0.15, 0.2) is 0 Å². The van der Waals surface area contributed by atoms with E-state index in [9.17, 15) is 13.2 Å². The molecule has 0 saturated heterocycles. The molecule has 0 spiro atoms. The first-order chi connectivity index (χ1) is 17.1. The van der Waals surface area contributed by atoms with Crippen LogP contribution in [0.5, 0.6) is 5.75 Å². The number of aromatic nitrogens is 4. The van der Waals surface area contributed by atoms with Gasteiger partial charge in [0.1, 0.15) is 28.8 Å². The molecule has 2 N–H and O–H groups in total. The third-order valence-corrected chi connectivity index (χ3v) is 7.42. The number of hydrogen-bond donors (Lipinski definition) is 2. The molecular formula is C23H21ClFN5O5S. The topological polar surface area (TPSA) is 140 Å². The van der Waals surface area contributed by atoms with Crippen molar-refractivity contribution in [3.8, 4) is 16.9 Å². The Labute approximate surface area is 210 Å². The maximum Gasteiger partial charge on any atom is 0.434 e. The number of H-pyrrole nitrogens is 1. The molecule has 0 amide bonds. The summed E-state index contributed by atoms with van der Waals surface area (Å²) in [6.45, 7) is 3.30. The Bertz CT molecular complexity index is 1560. The van der Waals surface area contributed by atoms with Crippen molar-refractivity contribution in [1.82, 2.24) is 24.9 Å². The summed E-state index contributed by atoms with van der Waals surface area (Å²) in [5.41, 5.74) is 2.03. The predicted molar refractivity (Wildman–Crippen MR) is 129 cm³/mol. The molecule has 36 heavy (non-hydrogen) atoms. The van der Waals surface area contributed by atoms with Crippen LogP contribution < -0.4 is 15.2 Å². The number of methoxy groups -OCH3 is 1. The Kier molecular flexibility index (Phi) is 7.20. The van der Waals surface area contributed by atoms with E-state index >= 15 is 4.39 Å². The van der Waals surface area contributed by atoms with Crippen LogP contribution in [0.15, 0.2) is 63.2 Å². The summed E-state index contributed by atoms with van der Waals surface area (Å²) >= 11 is 5.97. The predicted octanol–water partition coefficient (Wildman–Crippen LogP) is 3.75. The minimum atomic E-state index is -4.29. The van der Waals surface area contributed by atoms with Gasteiger partial charge in [-0.3, -0.25) is 0 Å². The van der Waals surface area contributed by atoms with Gasteiger partial charge in [-0.05, 0) is 41.8 Å². The summed E-state index contributed by atoms with van der Waals surface area (Å²) in [5.74, 6) is -2.62. The van der Waals surface area contributed by atoms with Gasteiger partial charge in [-0.15, -0.1) is 5.10 Å². The van der Waals surface area contributed by atoms with Crippen molar-refractivity contribution < 1.29 is 22.0 Å². The van der Waals surface area contributed by atoms with Gasteiger partial charge in [0.25, 0.3) is 0 Å². The Balaban J connectivity index is 1.82. The number of sulfonamides is 1. The molecule has 4 rings (SSSR count). The lowest BCUT2D eigenvalue weighted by atomic mass is 9.86. The van der Waals surface area contributed by atoms with Crippen LogP contribution in [-0.4, -0.2) is 35.7 Å². The molecule has 2 heterocycles. The standard InChI is InChI=1S/C23H21ClFN5O5S/c1-12-16(14-9-26-11-27-10-14)5-6-17(25)20(12)13(2)21(22-28-29-23(31)35-22)30-36(32,33)19-7-4-15(24)8-18(19)34-3/h4-11,13,21,30H,1-3H3,(H,29,31)/t13-,21+/m1/s1. The van der Waals surface area contributed by atoms with E-state index in [1.165, 1.54) is 37.7 Å². The van der Waals surface area contributed by atoms with Crippen molar-refractivity contribution in [2.75, 3.05) is 7.11 Å². The van der Waals surface area contributed by atoms with Gasteiger partial charge in [-0.2, -0.15) is 4.72 Å². The molecule has 0 saturated carbocycles. The highest BCUT2D eigenvalue weighted by atomic mass is 35.5. The lowest BCUT2D eigenvalue weighted by molar-refractivity contribution is 0.374. The first kappa shape index (κ1) is 25.5. The van der Waals surface area contributed by atoms with E-state index in [1.54, 1.807) is 32.3 Å². The minimum absolute atomic E-state index is 0.00156. The Morgan fingerprint density at radius 2 is 1.92 bits per heavy atom. The second-order valence-corrected chi connectivity index (χ2v) is 10.0. The van der Waals surface area contributed by atoms with E-state index in [0.717, 1.165) is 0 Å². The minimum Gasteiger partial charge on any atom is -0.495 e. The number of rotatable bonds is 8. The van der Waals surface area contributed by atoms with Crippen molar-refractivity contribution in [2.45, 2.75) is 30.7 Å². The molecule has 0 aliphatic rings. The molecule has 0 unspecified atom stereocenters. The van der Waals surface area contributed by atoms with Gasteiger partial charge in [0.05, 0.1) is 7.11 Å². The SMILES string of the molecule is COc1cc(Cl)ccc1S(=O)(=O)N[C@H](c1n[nH]c(=O)o1)[C@H](C)c1c(F)ccc(-c2cncnc2)c1C. The number of hydrogen-bond acceptors (Lipinski definition) is 8. The fourth-order valence-corrected chi connectivity index (χ4v) is 5.59. The van der Waals surface area contributed by atoms with Gasteiger partial charge < -0.3 is 9.15 Å². The van der Waals surface area contributed by atoms with E-state index < -0.39 is 33.6 Å². The molecule has 2 aromatic heterocycles. The third-order valence-electron chi connectivity index (χ3n) is 5.71. The smallest absolute Gasteiger partial charge is 0.434 e.